The monoisotopic (exact) mass is 276 g/mol. The first kappa shape index (κ1) is 16.0. The molecule has 1 aromatic rings. The largest absolute Gasteiger partial charge is 0.370 e. The SMILES string of the molecule is CCc1ccc(NC(N)=NCCNC(=O)C(C)C)cc1. The van der Waals surface area contributed by atoms with Crippen LogP contribution in [0.25, 0.3) is 0 Å². The predicted octanol–water partition coefficient (Wildman–Crippen LogP) is 1.75. The highest BCUT2D eigenvalue weighted by molar-refractivity contribution is 5.92. The number of benzene rings is 1. The van der Waals surface area contributed by atoms with Gasteiger partial charge in [0.1, 0.15) is 0 Å². The lowest BCUT2D eigenvalue weighted by atomic mass is 10.1. The minimum atomic E-state index is -0.00784. The Kier molecular flexibility index (Phi) is 6.56. The number of aryl methyl sites for hydroxylation is 1. The number of guanidine groups is 1. The second kappa shape index (κ2) is 8.19. The van der Waals surface area contributed by atoms with Gasteiger partial charge in [-0.15, -0.1) is 0 Å². The summed E-state index contributed by atoms with van der Waals surface area (Å²) in [6.07, 6.45) is 1.01. The quantitative estimate of drug-likeness (QED) is 0.421. The molecule has 5 nitrogen and oxygen atoms in total. The number of carbonyl (C=O) groups excluding carboxylic acids is 1. The van der Waals surface area contributed by atoms with Crippen molar-refractivity contribution in [2.75, 3.05) is 18.4 Å². The molecule has 0 aliphatic carbocycles. The molecule has 0 atom stereocenters. The van der Waals surface area contributed by atoms with Crippen LogP contribution in [0.4, 0.5) is 5.69 Å². The molecule has 0 unspecified atom stereocenters. The molecular weight excluding hydrogens is 252 g/mol. The molecule has 0 bridgehead atoms. The molecule has 0 saturated carbocycles. The van der Waals surface area contributed by atoms with Crippen LogP contribution in [0.3, 0.4) is 0 Å². The number of nitrogens with two attached hydrogens (primary N) is 1. The van der Waals surface area contributed by atoms with E-state index >= 15 is 0 Å². The molecule has 0 aliphatic heterocycles. The fourth-order valence-electron chi connectivity index (χ4n) is 1.57. The van der Waals surface area contributed by atoms with Crippen LogP contribution in [0.15, 0.2) is 29.3 Å². The van der Waals surface area contributed by atoms with Gasteiger partial charge in [-0.05, 0) is 24.1 Å². The second-order valence-corrected chi connectivity index (χ2v) is 4.89. The Bertz CT molecular complexity index is 451. The second-order valence-electron chi connectivity index (χ2n) is 4.89. The highest BCUT2D eigenvalue weighted by Crippen LogP contribution is 2.09. The van der Waals surface area contributed by atoms with Crippen LogP contribution >= 0.6 is 0 Å². The number of anilines is 1. The van der Waals surface area contributed by atoms with Crippen LogP contribution in [0, 0.1) is 5.92 Å². The van der Waals surface area contributed by atoms with E-state index in [0.29, 0.717) is 19.0 Å². The number of rotatable bonds is 6. The third-order valence-corrected chi connectivity index (χ3v) is 2.85. The molecule has 1 aromatic carbocycles. The molecule has 1 amide bonds. The fourth-order valence-corrected chi connectivity index (χ4v) is 1.57. The van der Waals surface area contributed by atoms with Gasteiger partial charge in [-0.1, -0.05) is 32.9 Å². The molecule has 20 heavy (non-hydrogen) atoms. The number of amides is 1. The Hall–Kier alpha value is -2.04. The average molecular weight is 276 g/mol. The minimum Gasteiger partial charge on any atom is -0.370 e. The van der Waals surface area contributed by atoms with Crippen LogP contribution in [-0.4, -0.2) is 25.0 Å². The van der Waals surface area contributed by atoms with E-state index in [1.54, 1.807) is 0 Å². The summed E-state index contributed by atoms with van der Waals surface area (Å²) in [7, 11) is 0. The normalized spacial score (nSPS) is 11.5. The van der Waals surface area contributed by atoms with E-state index in [2.05, 4.69) is 34.7 Å². The lowest BCUT2D eigenvalue weighted by Gasteiger charge is -2.08. The van der Waals surface area contributed by atoms with Gasteiger partial charge in [0.05, 0.1) is 6.54 Å². The van der Waals surface area contributed by atoms with E-state index in [1.807, 2.05) is 26.0 Å². The molecule has 0 spiro atoms. The van der Waals surface area contributed by atoms with Crippen LogP contribution in [0.5, 0.6) is 0 Å². The summed E-state index contributed by atoms with van der Waals surface area (Å²) in [6.45, 7) is 6.78. The zero-order valence-electron chi connectivity index (χ0n) is 12.4. The number of nitrogens with one attached hydrogen (secondary N) is 2. The molecule has 0 saturated heterocycles. The van der Waals surface area contributed by atoms with Gasteiger partial charge in [-0.2, -0.15) is 0 Å². The number of nitrogens with zero attached hydrogens (tertiary/aromatic N) is 1. The van der Waals surface area contributed by atoms with Gasteiger partial charge < -0.3 is 16.4 Å². The standard InChI is InChI=1S/C15H24N4O/c1-4-12-5-7-13(8-6-12)19-15(16)18-10-9-17-14(20)11(2)3/h5-8,11H,4,9-10H2,1-3H3,(H,17,20)(H3,16,18,19). The summed E-state index contributed by atoms with van der Waals surface area (Å²) in [6, 6.07) is 8.06. The lowest BCUT2D eigenvalue weighted by molar-refractivity contribution is -0.123. The zero-order valence-corrected chi connectivity index (χ0v) is 12.4. The number of hydrogen-bond acceptors (Lipinski definition) is 2. The van der Waals surface area contributed by atoms with Crippen molar-refractivity contribution in [3.8, 4) is 0 Å². The number of aliphatic imine (C=N–C) groups is 1. The minimum absolute atomic E-state index is 0.00784. The summed E-state index contributed by atoms with van der Waals surface area (Å²) < 4.78 is 0. The maximum absolute atomic E-state index is 11.3. The van der Waals surface area contributed by atoms with Crippen LogP contribution in [-0.2, 0) is 11.2 Å². The summed E-state index contributed by atoms with van der Waals surface area (Å²) in [5.74, 6) is 0.376. The van der Waals surface area contributed by atoms with Gasteiger partial charge in [0.25, 0.3) is 0 Å². The maximum atomic E-state index is 11.3. The van der Waals surface area contributed by atoms with Crippen molar-refractivity contribution in [3.05, 3.63) is 29.8 Å². The molecule has 4 N–H and O–H groups in total. The Morgan fingerprint density at radius 2 is 1.95 bits per heavy atom. The van der Waals surface area contributed by atoms with Gasteiger partial charge in [-0.3, -0.25) is 9.79 Å². The van der Waals surface area contributed by atoms with Crippen molar-refractivity contribution in [2.45, 2.75) is 27.2 Å². The van der Waals surface area contributed by atoms with E-state index in [4.69, 9.17) is 5.73 Å². The summed E-state index contributed by atoms with van der Waals surface area (Å²) in [5.41, 5.74) is 7.97. The van der Waals surface area contributed by atoms with Gasteiger partial charge >= 0.3 is 0 Å². The summed E-state index contributed by atoms with van der Waals surface area (Å²) in [4.78, 5) is 15.5. The van der Waals surface area contributed by atoms with E-state index in [9.17, 15) is 4.79 Å². The van der Waals surface area contributed by atoms with Crippen molar-refractivity contribution in [2.24, 2.45) is 16.6 Å². The molecule has 0 aliphatic rings. The van der Waals surface area contributed by atoms with Crippen molar-refractivity contribution in [1.82, 2.24) is 5.32 Å². The first-order chi connectivity index (χ1) is 9.52. The molecule has 0 fully saturated rings. The topological polar surface area (TPSA) is 79.5 Å². The maximum Gasteiger partial charge on any atom is 0.222 e. The van der Waals surface area contributed by atoms with Crippen molar-refractivity contribution in [3.63, 3.8) is 0 Å². The molecule has 1 rings (SSSR count). The molecule has 5 heteroatoms. The Balaban J connectivity index is 2.35. The smallest absolute Gasteiger partial charge is 0.222 e. The van der Waals surface area contributed by atoms with Gasteiger partial charge in [-0.25, -0.2) is 0 Å². The van der Waals surface area contributed by atoms with Crippen molar-refractivity contribution in [1.29, 1.82) is 0 Å². The molecule has 0 heterocycles. The Morgan fingerprint density at radius 3 is 2.50 bits per heavy atom. The molecule has 110 valence electrons. The number of hydrogen-bond donors (Lipinski definition) is 3. The van der Waals surface area contributed by atoms with Gasteiger partial charge in [0, 0.05) is 18.2 Å². The number of carbonyl (C=O) groups is 1. The van der Waals surface area contributed by atoms with Crippen molar-refractivity contribution >= 4 is 17.6 Å². The Morgan fingerprint density at radius 1 is 1.30 bits per heavy atom. The first-order valence-corrected chi connectivity index (χ1v) is 6.96. The van der Waals surface area contributed by atoms with E-state index < -0.39 is 0 Å². The third kappa shape index (κ3) is 5.73. The average Bonchev–Trinajstić information content (AvgIpc) is 2.44. The predicted molar refractivity (Wildman–Crippen MR) is 83.8 cm³/mol. The highest BCUT2D eigenvalue weighted by atomic mass is 16.1. The van der Waals surface area contributed by atoms with Crippen LogP contribution in [0.1, 0.15) is 26.3 Å². The summed E-state index contributed by atoms with van der Waals surface area (Å²) in [5, 5.41) is 5.81. The summed E-state index contributed by atoms with van der Waals surface area (Å²) >= 11 is 0. The van der Waals surface area contributed by atoms with E-state index in [1.165, 1.54) is 5.56 Å². The van der Waals surface area contributed by atoms with Crippen molar-refractivity contribution < 1.29 is 4.79 Å². The van der Waals surface area contributed by atoms with E-state index in [-0.39, 0.29) is 11.8 Å². The lowest BCUT2D eigenvalue weighted by Crippen LogP contribution is -2.31. The first-order valence-electron chi connectivity index (χ1n) is 6.96. The highest BCUT2D eigenvalue weighted by Gasteiger charge is 2.04. The molecular formula is C15H24N4O. The third-order valence-electron chi connectivity index (χ3n) is 2.85. The zero-order chi connectivity index (χ0) is 15.0. The van der Waals surface area contributed by atoms with Gasteiger partial charge in [0.15, 0.2) is 5.96 Å². The van der Waals surface area contributed by atoms with Gasteiger partial charge in [0.2, 0.25) is 5.91 Å². The molecule has 0 radical (unpaired) electrons. The van der Waals surface area contributed by atoms with Crippen LogP contribution in [0.2, 0.25) is 0 Å². The van der Waals surface area contributed by atoms with E-state index in [0.717, 1.165) is 12.1 Å². The fraction of sp³-hybridized carbons (Fsp3) is 0.467. The molecule has 0 aromatic heterocycles. The van der Waals surface area contributed by atoms with Crippen LogP contribution < -0.4 is 16.4 Å². The Labute approximate surface area is 120 Å².